The monoisotopic (exact) mass is 363 g/mol. The highest BCUT2D eigenvalue weighted by Crippen LogP contribution is 2.20. The molecule has 1 aromatic rings. The summed E-state index contributed by atoms with van der Waals surface area (Å²) in [5, 5.41) is 0. The van der Waals surface area contributed by atoms with Crippen LogP contribution in [0.15, 0.2) is 29.2 Å². The fourth-order valence-electron chi connectivity index (χ4n) is 2.60. The van der Waals surface area contributed by atoms with E-state index in [0.717, 1.165) is 6.54 Å². The van der Waals surface area contributed by atoms with Gasteiger partial charge in [0.15, 0.2) is 0 Å². The van der Waals surface area contributed by atoms with Crippen LogP contribution < -0.4 is 10.5 Å². The quantitative estimate of drug-likeness (QED) is 0.849. The number of methoxy groups -OCH3 is 1. The van der Waals surface area contributed by atoms with E-state index in [1.807, 2.05) is 13.8 Å². The predicted octanol–water partition coefficient (Wildman–Crippen LogP) is 1.16. The highest BCUT2D eigenvalue weighted by molar-refractivity contribution is 7.89. The molecule has 0 aliphatic carbocycles. The first-order valence-corrected chi connectivity index (χ1v) is 8.82. The lowest BCUT2D eigenvalue weighted by atomic mass is 10.1. The fraction of sp³-hybridized carbons (Fsp3) is 0.600. The van der Waals surface area contributed by atoms with Crippen LogP contribution in [0.25, 0.3) is 0 Å². The molecule has 23 heavy (non-hydrogen) atoms. The van der Waals surface area contributed by atoms with Gasteiger partial charge in [0, 0.05) is 38.3 Å². The van der Waals surface area contributed by atoms with Gasteiger partial charge in [-0.2, -0.15) is 4.31 Å². The van der Waals surface area contributed by atoms with Gasteiger partial charge < -0.3 is 10.5 Å². The second kappa shape index (κ2) is 7.81. The van der Waals surface area contributed by atoms with E-state index < -0.39 is 10.0 Å². The first-order chi connectivity index (χ1) is 10.2. The smallest absolute Gasteiger partial charge is 0.243 e. The largest absolute Gasteiger partial charge is 0.497 e. The van der Waals surface area contributed by atoms with Crippen molar-refractivity contribution in [2.24, 2.45) is 5.73 Å². The maximum absolute atomic E-state index is 12.6. The van der Waals surface area contributed by atoms with E-state index in [9.17, 15) is 8.42 Å². The van der Waals surface area contributed by atoms with Gasteiger partial charge >= 0.3 is 0 Å². The van der Waals surface area contributed by atoms with Gasteiger partial charge in [-0.1, -0.05) is 0 Å². The molecule has 1 fully saturated rings. The van der Waals surface area contributed by atoms with Crippen LogP contribution in [0.4, 0.5) is 0 Å². The van der Waals surface area contributed by atoms with E-state index in [-0.39, 0.29) is 17.9 Å². The first kappa shape index (κ1) is 20.2. The van der Waals surface area contributed by atoms with Gasteiger partial charge in [-0.05, 0) is 38.1 Å². The summed E-state index contributed by atoms with van der Waals surface area (Å²) in [4.78, 5) is 2.51. The van der Waals surface area contributed by atoms with Crippen LogP contribution in [-0.2, 0) is 10.0 Å². The standard InChI is InChI=1S/C15H25N3O3S.ClH/c1-15(2,16)12-17-8-10-18(11-9-17)22(19,20)14-6-4-13(21-3)5-7-14;/h4-7H,8-12,16H2,1-3H3;1H. The molecule has 0 bridgehead atoms. The maximum atomic E-state index is 12.6. The number of rotatable bonds is 5. The van der Waals surface area contributed by atoms with Crippen molar-refractivity contribution in [3.8, 4) is 5.75 Å². The van der Waals surface area contributed by atoms with Crippen molar-refractivity contribution in [2.45, 2.75) is 24.3 Å². The molecule has 0 unspecified atom stereocenters. The minimum atomic E-state index is -3.43. The second-order valence-electron chi connectivity index (χ2n) is 6.34. The lowest BCUT2D eigenvalue weighted by Gasteiger charge is -2.37. The fourth-order valence-corrected chi connectivity index (χ4v) is 4.02. The average molecular weight is 364 g/mol. The summed E-state index contributed by atoms with van der Waals surface area (Å²) in [5.74, 6) is 0.647. The SMILES string of the molecule is COc1ccc(S(=O)(=O)N2CCN(CC(C)(C)N)CC2)cc1.Cl. The Kier molecular flexibility index (Phi) is 6.85. The van der Waals surface area contributed by atoms with Gasteiger partial charge in [-0.25, -0.2) is 8.42 Å². The van der Waals surface area contributed by atoms with Gasteiger partial charge in [0.25, 0.3) is 0 Å². The molecule has 8 heteroatoms. The highest BCUT2D eigenvalue weighted by atomic mass is 35.5. The third-order valence-corrected chi connectivity index (χ3v) is 5.57. The minimum Gasteiger partial charge on any atom is -0.497 e. The molecular weight excluding hydrogens is 338 g/mol. The summed E-state index contributed by atoms with van der Waals surface area (Å²) in [7, 11) is -1.88. The van der Waals surface area contributed by atoms with Crippen LogP contribution in [0.5, 0.6) is 5.75 Å². The third-order valence-electron chi connectivity index (χ3n) is 3.66. The van der Waals surface area contributed by atoms with Crippen molar-refractivity contribution in [1.82, 2.24) is 9.21 Å². The van der Waals surface area contributed by atoms with Crippen LogP contribution in [0.1, 0.15) is 13.8 Å². The molecule has 1 heterocycles. The molecule has 0 radical (unpaired) electrons. The van der Waals surface area contributed by atoms with E-state index in [1.165, 1.54) is 4.31 Å². The zero-order chi connectivity index (χ0) is 16.4. The lowest BCUT2D eigenvalue weighted by Crippen LogP contribution is -2.53. The second-order valence-corrected chi connectivity index (χ2v) is 8.28. The van der Waals surface area contributed by atoms with Crippen LogP contribution in [0.3, 0.4) is 0 Å². The number of nitrogens with zero attached hydrogens (tertiary/aromatic N) is 2. The van der Waals surface area contributed by atoms with E-state index >= 15 is 0 Å². The van der Waals surface area contributed by atoms with Crippen LogP contribution in [0, 0.1) is 0 Å². The zero-order valence-corrected chi connectivity index (χ0v) is 15.5. The van der Waals surface area contributed by atoms with E-state index in [1.54, 1.807) is 31.4 Å². The Morgan fingerprint density at radius 2 is 1.65 bits per heavy atom. The summed E-state index contributed by atoms with van der Waals surface area (Å²) in [6, 6.07) is 6.51. The number of ether oxygens (including phenoxy) is 1. The third kappa shape index (κ3) is 5.32. The number of sulfonamides is 1. The number of piperazine rings is 1. The number of hydrogen-bond donors (Lipinski definition) is 1. The van der Waals surface area contributed by atoms with Crippen molar-refractivity contribution >= 4 is 22.4 Å². The van der Waals surface area contributed by atoms with Gasteiger partial charge in [0.1, 0.15) is 5.75 Å². The topological polar surface area (TPSA) is 75.9 Å². The van der Waals surface area contributed by atoms with Gasteiger partial charge in [-0.3, -0.25) is 4.90 Å². The van der Waals surface area contributed by atoms with E-state index in [4.69, 9.17) is 10.5 Å². The normalized spacial score (nSPS) is 17.6. The molecule has 1 aliphatic rings. The lowest BCUT2D eigenvalue weighted by molar-refractivity contribution is 0.162. The molecule has 0 amide bonds. The highest BCUT2D eigenvalue weighted by Gasteiger charge is 2.29. The Bertz CT molecular complexity index is 591. The summed E-state index contributed by atoms with van der Waals surface area (Å²) >= 11 is 0. The molecule has 0 atom stereocenters. The van der Waals surface area contributed by atoms with Crippen LogP contribution in [-0.4, -0.2) is 63.0 Å². The van der Waals surface area contributed by atoms with Crippen molar-refractivity contribution in [2.75, 3.05) is 39.8 Å². The Morgan fingerprint density at radius 1 is 1.13 bits per heavy atom. The Morgan fingerprint density at radius 3 is 2.09 bits per heavy atom. The Labute approximate surface area is 145 Å². The minimum absolute atomic E-state index is 0. The Hall–Kier alpha value is -0.860. The summed E-state index contributed by atoms with van der Waals surface area (Å²) in [6.07, 6.45) is 0. The number of nitrogens with two attached hydrogens (primary N) is 1. The summed E-state index contributed by atoms with van der Waals surface area (Å²) in [6.45, 7) is 7.12. The molecule has 0 saturated carbocycles. The zero-order valence-electron chi connectivity index (χ0n) is 13.9. The van der Waals surface area contributed by atoms with Gasteiger partial charge in [-0.15, -0.1) is 12.4 Å². The van der Waals surface area contributed by atoms with Crippen LogP contribution >= 0.6 is 12.4 Å². The van der Waals surface area contributed by atoms with Gasteiger partial charge in [0.05, 0.1) is 12.0 Å². The first-order valence-electron chi connectivity index (χ1n) is 7.38. The van der Waals surface area contributed by atoms with E-state index in [0.29, 0.717) is 36.8 Å². The van der Waals surface area contributed by atoms with Gasteiger partial charge in [0.2, 0.25) is 10.0 Å². The molecule has 1 aliphatic heterocycles. The summed E-state index contributed by atoms with van der Waals surface area (Å²) in [5.41, 5.74) is 5.75. The molecular formula is C15H26ClN3O3S. The molecule has 0 spiro atoms. The molecule has 1 saturated heterocycles. The van der Waals surface area contributed by atoms with Crippen molar-refractivity contribution < 1.29 is 13.2 Å². The Balaban J connectivity index is 0.00000264. The molecule has 0 aromatic heterocycles. The number of benzene rings is 1. The molecule has 1 aromatic carbocycles. The summed E-state index contributed by atoms with van der Waals surface area (Å²) < 4.78 is 31.8. The van der Waals surface area contributed by atoms with Crippen molar-refractivity contribution in [3.63, 3.8) is 0 Å². The van der Waals surface area contributed by atoms with Crippen molar-refractivity contribution in [1.29, 1.82) is 0 Å². The molecule has 2 N–H and O–H groups in total. The van der Waals surface area contributed by atoms with E-state index in [2.05, 4.69) is 4.90 Å². The predicted molar refractivity (Wildman–Crippen MR) is 93.7 cm³/mol. The molecule has 6 nitrogen and oxygen atoms in total. The average Bonchev–Trinajstić information content (AvgIpc) is 2.46. The maximum Gasteiger partial charge on any atom is 0.243 e. The number of hydrogen-bond acceptors (Lipinski definition) is 5. The number of halogens is 1. The molecule has 2 rings (SSSR count). The van der Waals surface area contributed by atoms with Crippen molar-refractivity contribution in [3.05, 3.63) is 24.3 Å². The molecule has 132 valence electrons. The van der Waals surface area contributed by atoms with Crippen LogP contribution in [0.2, 0.25) is 0 Å².